The van der Waals surface area contributed by atoms with Crippen LogP contribution in [0.3, 0.4) is 0 Å². The molecule has 5 nitrogen and oxygen atoms in total. The van der Waals surface area contributed by atoms with Crippen molar-refractivity contribution in [2.24, 2.45) is 5.92 Å². The second-order valence-electron chi connectivity index (χ2n) is 6.77. The Balaban J connectivity index is 2.08. The molecule has 134 valence electrons. The van der Waals surface area contributed by atoms with E-state index in [-0.39, 0.29) is 17.7 Å². The third-order valence-electron chi connectivity index (χ3n) is 4.06. The smallest absolute Gasteiger partial charge is 0.251 e. The van der Waals surface area contributed by atoms with Crippen molar-refractivity contribution in [3.8, 4) is 0 Å². The lowest BCUT2D eigenvalue weighted by Gasteiger charge is -2.26. The van der Waals surface area contributed by atoms with Crippen LogP contribution in [0.5, 0.6) is 0 Å². The van der Waals surface area contributed by atoms with E-state index >= 15 is 0 Å². The molecule has 0 aliphatic carbocycles. The predicted octanol–water partition coefficient (Wildman–Crippen LogP) is 3.31. The molecule has 5 heteroatoms. The van der Waals surface area contributed by atoms with Gasteiger partial charge < -0.3 is 14.6 Å². The van der Waals surface area contributed by atoms with Crippen molar-refractivity contribution < 1.29 is 14.0 Å². The molecule has 1 aromatic heterocycles. The molecular formula is C20H26N2O3. The molecule has 2 rings (SSSR count). The molecule has 0 fully saturated rings. The van der Waals surface area contributed by atoms with Gasteiger partial charge in [0.2, 0.25) is 5.91 Å². The number of carbonyl (C=O) groups excluding carboxylic acids is 2. The molecule has 1 aromatic carbocycles. The van der Waals surface area contributed by atoms with E-state index in [9.17, 15) is 9.59 Å². The quantitative estimate of drug-likeness (QED) is 0.876. The number of rotatable bonds is 6. The van der Waals surface area contributed by atoms with Crippen LogP contribution in [-0.2, 0) is 11.3 Å². The fraction of sp³-hybridized carbons (Fsp3) is 0.400. The Morgan fingerprint density at radius 1 is 1.16 bits per heavy atom. The number of furan rings is 1. The predicted molar refractivity (Wildman–Crippen MR) is 97.2 cm³/mol. The molecule has 1 unspecified atom stereocenters. The van der Waals surface area contributed by atoms with Gasteiger partial charge in [0, 0.05) is 12.6 Å². The topological polar surface area (TPSA) is 62.6 Å². The first-order valence-corrected chi connectivity index (χ1v) is 8.45. The van der Waals surface area contributed by atoms with Crippen LogP contribution >= 0.6 is 0 Å². The first-order valence-electron chi connectivity index (χ1n) is 8.45. The molecule has 0 aliphatic rings. The number of amides is 2. The third-order valence-corrected chi connectivity index (χ3v) is 4.06. The lowest BCUT2D eigenvalue weighted by Crippen LogP contribution is -2.50. The molecule has 2 amide bonds. The average molecular weight is 342 g/mol. The van der Waals surface area contributed by atoms with Crippen molar-refractivity contribution in [3.63, 3.8) is 0 Å². The van der Waals surface area contributed by atoms with Gasteiger partial charge in [-0.3, -0.25) is 9.59 Å². The van der Waals surface area contributed by atoms with Crippen molar-refractivity contribution in [1.29, 1.82) is 0 Å². The summed E-state index contributed by atoms with van der Waals surface area (Å²) in [7, 11) is 1.72. The van der Waals surface area contributed by atoms with E-state index in [0.717, 1.165) is 17.1 Å². The van der Waals surface area contributed by atoms with Crippen LogP contribution < -0.4 is 5.32 Å². The maximum Gasteiger partial charge on any atom is 0.251 e. The van der Waals surface area contributed by atoms with Gasteiger partial charge in [-0.05, 0) is 44.0 Å². The highest BCUT2D eigenvalue weighted by atomic mass is 16.3. The largest absolute Gasteiger partial charge is 0.464 e. The fourth-order valence-corrected chi connectivity index (χ4v) is 2.64. The van der Waals surface area contributed by atoms with Gasteiger partial charge in [0.25, 0.3) is 5.91 Å². The summed E-state index contributed by atoms with van der Waals surface area (Å²) in [6.45, 7) is 8.01. The molecule has 0 saturated carbocycles. The summed E-state index contributed by atoms with van der Waals surface area (Å²) in [5.41, 5.74) is 1.56. The van der Waals surface area contributed by atoms with Gasteiger partial charge in [0.15, 0.2) is 0 Å². The van der Waals surface area contributed by atoms with Crippen molar-refractivity contribution in [2.45, 2.75) is 40.3 Å². The zero-order chi connectivity index (χ0) is 18.6. The molecule has 2 aromatic rings. The highest BCUT2D eigenvalue weighted by Gasteiger charge is 2.27. The Hall–Kier alpha value is -2.56. The van der Waals surface area contributed by atoms with E-state index < -0.39 is 6.04 Å². The first kappa shape index (κ1) is 18.8. The number of hydrogen-bond donors (Lipinski definition) is 1. The number of likely N-dealkylation sites (N-methyl/N-ethyl adjacent to an activating group) is 1. The number of carbonyl (C=O) groups is 2. The van der Waals surface area contributed by atoms with Gasteiger partial charge in [-0.15, -0.1) is 0 Å². The Bertz CT molecular complexity index is 749. The zero-order valence-corrected chi connectivity index (χ0v) is 15.5. The second kappa shape index (κ2) is 8.01. The minimum Gasteiger partial charge on any atom is -0.464 e. The summed E-state index contributed by atoms with van der Waals surface area (Å²) < 4.78 is 5.53. The van der Waals surface area contributed by atoms with Crippen LogP contribution in [0.1, 0.15) is 41.3 Å². The van der Waals surface area contributed by atoms with Crippen molar-refractivity contribution >= 4 is 11.8 Å². The Labute approximate surface area is 149 Å². The van der Waals surface area contributed by atoms with Gasteiger partial charge in [0.05, 0.1) is 6.54 Å². The fourth-order valence-electron chi connectivity index (χ4n) is 2.64. The van der Waals surface area contributed by atoms with Crippen LogP contribution in [0.15, 0.2) is 40.8 Å². The number of aryl methyl sites for hydroxylation is 2. The maximum atomic E-state index is 12.8. The minimum absolute atomic E-state index is 0.0259. The van der Waals surface area contributed by atoms with Crippen molar-refractivity contribution in [3.05, 3.63) is 59.0 Å². The highest BCUT2D eigenvalue weighted by molar-refractivity contribution is 5.97. The Kier molecular flexibility index (Phi) is 6.02. The molecule has 0 radical (unpaired) electrons. The summed E-state index contributed by atoms with van der Waals surface area (Å²) in [5.74, 6) is 1.13. The number of nitrogens with zero attached hydrogens (tertiary/aromatic N) is 1. The number of hydrogen-bond acceptors (Lipinski definition) is 3. The summed E-state index contributed by atoms with van der Waals surface area (Å²) >= 11 is 0. The number of benzene rings is 1. The van der Waals surface area contributed by atoms with Gasteiger partial charge in [-0.25, -0.2) is 0 Å². The van der Waals surface area contributed by atoms with Crippen LogP contribution in [-0.4, -0.2) is 29.8 Å². The van der Waals surface area contributed by atoms with E-state index in [1.54, 1.807) is 18.0 Å². The van der Waals surface area contributed by atoms with Crippen LogP contribution in [0.2, 0.25) is 0 Å². The maximum absolute atomic E-state index is 12.8. The Morgan fingerprint density at radius 3 is 2.44 bits per heavy atom. The summed E-state index contributed by atoms with van der Waals surface area (Å²) in [6, 6.07) is 10.5. The molecule has 1 heterocycles. The van der Waals surface area contributed by atoms with Crippen molar-refractivity contribution in [2.75, 3.05) is 7.05 Å². The highest BCUT2D eigenvalue weighted by Crippen LogP contribution is 2.13. The van der Waals surface area contributed by atoms with E-state index in [2.05, 4.69) is 5.32 Å². The standard InChI is InChI=1S/C20H26N2O3/c1-13(2)18(21-19(23)16-8-6-7-14(3)11-16)20(24)22(5)12-17-10-9-15(4)25-17/h6-11,13,18H,12H2,1-5H3,(H,21,23). The third kappa shape index (κ3) is 4.95. The van der Waals surface area contributed by atoms with E-state index in [1.807, 2.05) is 58.0 Å². The monoisotopic (exact) mass is 342 g/mol. The molecule has 0 saturated heterocycles. The summed E-state index contributed by atoms with van der Waals surface area (Å²) in [4.78, 5) is 26.9. The average Bonchev–Trinajstić information content (AvgIpc) is 2.96. The second-order valence-corrected chi connectivity index (χ2v) is 6.77. The summed E-state index contributed by atoms with van der Waals surface area (Å²) in [5, 5.41) is 2.87. The lowest BCUT2D eigenvalue weighted by atomic mass is 10.0. The van der Waals surface area contributed by atoms with E-state index in [4.69, 9.17) is 4.42 Å². The molecule has 0 spiro atoms. The van der Waals surface area contributed by atoms with Crippen LogP contribution in [0.4, 0.5) is 0 Å². The molecule has 0 bridgehead atoms. The first-order chi connectivity index (χ1) is 11.8. The SMILES string of the molecule is Cc1cccc(C(=O)NC(C(=O)N(C)Cc2ccc(C)o2)C(C)C)c1. The number of nitrogens with one attached hydrogen (secondary N) is 1. The van der Waals surface area contributed by atoms with E-state index in [0.29, 0.717) is 12.1 Å². The molecule has 25 heavy (non-hydrogen) atoms. The molecule has 1 N–H and O–H groups in total. The minimum atomic E-state index is -0.589. The zero-order valence-electron chi connectivity index (χ0n) is 15.5. The van der Waals surface area contributed by atoms with E-state index in [1.165, 1.54) is 0 Å². The van der Waals surface area contributed by atoms with Gasteiger partial charge in [-0.2, -0.15) is 0 Å². The van der Waals surface area contributed by atoms with Gasteiger partial charge in [0.1, 0.15) is 17.6 Å². The van der Waals surface area contributed by atoms with Gasteiger partial charge >= 0.3 is 0 Å². The molecule has 0 aliphatic heterocycles. The van der Waals surface area contributed by atoms with Gasteiger partial charge in [-0.1, -0.05) is 31.5 Å². The normalized spacial score (nSPS) is 12.1. The lowest BCUT2D eigenvalue weighted by molar-refractivity contribution is -0.133. The van der Waals surface area contributed by atoms with Crippen LogP contribution in [0, 0.1) is 19.8 Å². The molecular weight excluding hydrogens is 316 g/mol. The molecule has 1 atom stereocenters. The summed E-state index contributed by atoms with van der Waals surface area (Å²) in [6.07, 6.45) is 0. The Morgan fingerprint density at radius 2 is 1.88 bits per heavy atom. The van der Waals surface area contributed by atoms with Crippen molar-refractivity contribution in [1.82, 2.24) is 10.2 Å². The van der Waals surface area contributed by atoms with Crippen LogP contribution in [0.25, 0.3) is 0 Å².